The van der Waals surface area contributed by atoms with Crippen molar-refractivity contribution >= 4 is 0 Å². The molecule has 0 fully saturated rings. The molecule has 0 radical (unpaired) electrons. The Morgan fingerprint density at radius 3 is 2.62 bits per heavy atom. The third-order valence-electron chi connectivity index (χ3n) is 2.83. The fraction of sp³-hybridized carbons (Fsp3) is 0.818. The van der Waals surface area contributed by atoms with E-state index in [0.717, 1.165) is 0 Å². The number of nitrogens with zero attached hydrogens (tertiary/aromatic N) is 2. The summed E-state index contributed by atoms with van der Waals surface area (Å²) in [5.74, 6) is 1.47. The van der Waals surface area contributed by atoms with Crippen LogP contribution in [-0.2, 0) is 4.74 Å². The standard InChI is InChI=1S/C11H21N3O2/c1-6-15-9(4)10-13-11(16-14-10)7(2)8(3)12-5/h7-9,12H,6H2,1-5H3. The Hall–Kier alpha value is -0.940. The maximum absolute atomic E-state index is 5.41. The molecule has 16 heavy (non-hydrogen) atoms. The van der Waals surface area contributed by atoms with Gasteiger partial charge in [0, 0.05) is 12.6 Å². The summed E-state index contributed by atoms with van der Waals surface area (Å²) >= 11 is 0. The van der Waals surface area contributed by atoms with E-state index < -0.39 is 0 Å². The van der Waals surface area contributed by atoms with E-state index in [0.29, 0.717) is 24.4 Å². The van der Waals surface area contributed by atoms with Gasteiger partial charge in [-0.15, -0.1) is 0 Å². The second-order valence-corrected chi connectivity index (χ2v) is 3.95. The fourth-order valence-corrected chi connectivity index (χ4v) is 1.39. The first-order chi connectivity index (χ1) is 7.60. The van der Waals surface area contributed by atoms with Crippen molar-refractivity contribution in [3.63, 3.8) is 0 Å². The molecule has 0 spiro atoms. The van der Waals surface area contributed by atoms with E-state index in [1.165, 1.54) is 0 Å². The van der Waals surface area contributed by atoms with Gasteiger partial charge in [0.1, 0.15) is 6.10 Å². The first kappa shape index (κ1) is 13.1. The van der Waals surface area contributed by atoms with Gasteiger partial charge in [-0.25, -0.2) is 0 Å². The van der Waals surface area contributed by atoms with Gasteiger partial charge in [0.15, 0.2) is 5.82 Å². The molecule has 5 nitrogen and oxygen atoms in total. The van der Waals surface area contributed by atoms with Crippen molar-refractivity contribution < 1.29 is 9.26 Å². The summed E-state index contributed by atoms with van der Waals surface area (Å²) in [6.45, 7) is 8.66. The van der Waals surface area contributed by atoms with Gasteiger partial charge in [-0.1, -0.05) is 12.1 Å². The topological polar surface area (TPSA) is 60.2 Å². The molecule has 0 amide bonds. The molecule has 0 aliphatic carbocycles. The highest BCUT2D eigenvalue weighted by molar-refractivity contribution is 4.97. The van der Waals surface area contributed by atoms with Crippen molar-refractivity contribution in [2.45, 2.75) is 45.8 Å². The molecule has 0 saturated carbocycles. The normalized spacial score (nSPS) is 17.1. The van der Waals surface area contributed by atoms with Crippen molar-refractivity contribution in [2.75, 3.05) is 13.7 Å². The lowest BCUT2D eigenvalue weighted by atomic mass is 10.0. The smallest absolute Gasteiger partial charge is 0.231 e. The Morgan fingerprint density at radius 2 is 2.06 bits per heavy atom. The molecule has 0 saturated heterocycles. The van der Waals surface area contributed by atoms with Crippen molar-refractivity contribution in [1.29, 1.82) is 0 Å². The molecule has 1 aromatic heterocycles. The zero-order chi connectivity index (χ0) is 12.1. The minimum atomic E-state index is -0.111. The molecule has 3 atom stereocenters. The van der Waals surface area contributed by atoms with E-state index in [9.17, 15) is 0 Å². The molecule has 5 heteroatoms. The van der Waals surface area contributed by atoms with E-state index in [1.807, 2.05) is 20.9 Å². The number of ether oxygens (including phenoxy) is 1. The molecule has 3 unspecified atom stereocenters. The number of likely N-dealkylation sites (N-methyl/N-ethyl adjacent to an activating group) is 1. The van der Waals surface area contributed by atoms with Crippen LogP contribution in [0.2, 0.25) is 0 Å². The maximum Gasteiger partial charge on any atom is 0.231 e. The largest absolute Gasteiger partial charge is 0.371 e. The Bertz CT molecular complexity index is 314. The Balaban J connectivity index is 2.70. The third-order valence-corrected chi connectivity index (χ3v) is 2.83. The van der Waals surface area contributed by atoms with Crippen molar-refractivity contribution in [2.24, 2.45) is 0 Å². The number of nitrogens with one attached hydrogen (secondary N) is 1. The number of hydrogen-bond acceptors (Lipinski definition) is 5. The first-order valence-corrected chi connectivity index (χ1v) is 5.72. The SMILES string of the molecule is CCOC(C)c1noc(C(C)C(C)NC)n1. The highest BCUT2D eigenvalue weighted by Gasteiger charge is 2.21. The summed E-state index contributed by atoms with van der Waals surface area (Å²) in [6.07, 6.45) is -0.111. The average molecular weight is 227 g/mol. The quantitative estimate of drug-likeness (QED) is 0.804. The van der Waals surface area contributed by atoms with Crippen LogP contribution in [0.25, 0.3) is 0 Å². The summed E-state index contributed by atoms with van der Waals surface area (Å²) in [5, 5.41) is 7.10. The zero-order valence-electron chi connectivity index (χ0n) is 10.7. The second kappa shape index (κ2) is 5.96. The van der Waals surface area contributed by atoms with Gasteiger partial charge in [0.25, 0.3) is 0 Å². The van der Waals surface area contributed by atoms with Crippen LogP contribution < -0.4 is 5.32 Å². The molecule has 0 aliphatic heterocycles. The lowest BCUT2D eigenvalue weighted by molar-refractivity contribution is 0.0683. The van der Waals surface area contributed by atoms with Gasteiger partial charge in [-0.3, -0.25) is 0 Å². The van der Waals surface area contributed by atoms with Crippen LogP contribution >= 0.6 is 0 Å². The van der Waals surface area contributed by atoms with Crippen LogP contribution in [-0.4, -0.2) is 29.8 Å². The highest BCUT2D eigenvalue weighted by Crippen LogP contribution is 2.20. The maximum atomic E-state index is 5.41. The Kier molecular flexibility index (Phi) is 4.89. The lowest BCUT2D eigenvalue weighted by Crippen LogP contribution is -2.27. The molecule has 0 bridgehead atoms. The molecule has 1 heterocycles. The highest BCUT2D eigenvalue weighted by atomic mass is 16.5. The summed E-state index contributed by atoms with van der Waals surface area (Å²) in [5.41, 5.74) is 0. The Labute approximate surface area is 96.6 Å². The molecule has 1 N–H and O–H groups in total. The number of hydrogen-bond donors (Lipinski definition) is 1. The molecular formula is C11H21N3O2. The molecule has 1 rings (SSSR count). The van der Waals surface area contributed by atoms with Gasteiger partial charge in [-0.2, -0.15) is 4.98 Å². The third kappa shape index (κ3) is 3.02. The fourth-order valence-electron chi connectivity index (χ4n) is 1.39. The number of rotatable bonds is 6. The first-order valence-electron chi connectivity index (χ1n) is 5.72. The van der Waals surface area contributed by atoms with Gasteiger partial charge in [-0.05, 0) is 27.8 Å². The van der Waals surface area contributed by atoms with Crippen LogP contribution in [0.15, 0.2) is 4.52 Å². The Morgan fingerprint density at radius 1 is 1.38 bits per heavy atom. The number of aromatic nitrogens is 2. The van der Waals surface area contributed by atoms with Gasteiger partial charge < -0.3 is 14.6 Å². The molecule has 92 valence electrons. The minimum Gasteiger partial charge on any atom is -0.371 e. The lowest BCUT2D eigenvalue weighted by Gasteiger charge is -2.14. The molecule has 0 aromatic carbocycles. The van der Waals surface area contributed by atoms with Gasteiger partial charge in [0.2, 0.25) is 5.89 Å². The van der Waals surface area contributed by atoms with Crippen LogP contribution in [0.1, 0.15) is 51.4 Å². The summed E-state index contributed by atoms with van der Waals surface area (Å²) in [6, 6.07) is 0.302. The minimum absolute atomic E-state index is 0.111. The van der Waals surface area contributed by atoms with Crippen molar-refractivity contribution in [3.8, 4) is 0 Å². The van der Waals surface area contributed by atoms with Crippen molar-refractivity contribution in [1.82, 2.24) is 15.5 Å². The van der Waals surface area contributed by atoms with E-state index in [2.05, 4.69) is 29.3 Å². The monoisotopic (exact) mass is 227 g/mol. The van der Waals surface area contributed by atoms with E-state index >= 15 is 0 Å². The van der Waals surface area contributed by atoms with Crippen LogP contribution in [0, 0.1) is 0 Å². The molecular weight excluding hydrogens is 206 g/mol. The summed E-state index contributed by atoms with van der Waals surface area (Å²) in [4.78, 5) is 4.35. The van der Waals surface area contributed by atoms with Crippen LogP contribution in [0.3, 0.4) is 0 Å². The van der Waals surface area contributed by atoms with E-state index in [-0.39, 0.29) is 12.0 Å². The zero-order valence-corrected chi connectivity index (χ0v) is 10.7. The molecule has 0 aliphatic rings. The predicted octanol–water partition coefficient (Wildman–Crippen LogP) is 1.88. The van der Waals surface area contributed by atoms with E-state index in [1.54, 1.807) is 0 Å². The summed E-state index contributed by atoms with van der Waals surface area (Å²) in [7, 11) is 1.92. The van der Waals surface area contributed by atoms with E-state index in [4.69, 9.17) is 9.26 Å². The van der Waals surface area contributed by atoms with Gasteiger partial charge >= 0.3 is 0 Å². The van der Waals surface area contributed by atoms with Crippen molar-refractivity contribution in [3.05, 3.63) is 11.7 Å². The predicted molar refractivity (Wildman–Crippen MR) is 61.3 cm³/mol. The van der Waals surface area contributed by atoms with Crippen LogP contribution in [0.4, 0.5) is 0 Å². The summed E-state index contributed by atoms with van der Waals surface area (Å²) < 4.78 is 10.6. The molecule has 1 aromatic rings. The van der Waals surface area contributed by atoms with Crippen LogP contribution in [0.5, 0.6) is 0 Å². The average Bonchev–Trinajstić information content (AvgIpc) is 2.76. The van der Waals surface area contributed by atoms with Gasteiger partial charge in [0.05, 0.1) is 5.92 Å². The second-order valence-electron chi connectivity index (χ2n) is 3.95.